The molecule has 0 fully saturated rings. The Hall–Kier alpha value is -2.92. The SMILES string of the molecule is CC(C)(C)c1cc(C=Nc2ccccc2N=Cc2cc(Br)ccc2O)c(O)c(C(C)(C)C)c1. The van der Waals surface area contributed by atoms with Gasteiger partial charge in [-0.1, -0.05) is 75.7 Å². The predicted molar refractivity (Wildman–Crippen MR) is 142 cm³/mol. The van der Waals surface area contributed by atoms with E-state index in [0.29, 0.717) is 22.5 Å². The zero-order chi connectivity index (χ0) is 24.4. The third-order valence-electron chi connectivity index (χ3n) is 5.37. The van der Waals surface area contributed by atoms with Crippen molar-refractivity contribution in [2.75, 3.05) is 0 Å². The van der Waals surface area contributed by atoms with Crippen LogP contribution in [0.1, 0.15) is 63.8 Å². The highest BCUT2D eigenvalue weighted by molar-refractivity contribution is 9.10. The lowest BCUT2D eigenvalue weighted by Gasteiger charge is -2.27. The van der Waals surface area contributed by atoms with Crippen LogP contribution in [0.15, 0.2) is 69.1 Å². The van der Waals surface area contributed by atoms with Crippen molar-refractivity contribution >= 4 is 39.7 Å². The number of rotatable bonds is 4. The molecule has 5 heteroatoms. The molecule has 0 heterocycles. The average molecular weight is 507 g/mol. The topological polar surface area (TPSA) is 65.2 Å². The lowest BCUT2D eigenvalue weighted by Crippen LogP contribution is -2.17. The summed E-state index contributed by atoms with van der Waals surface area (Å²) in [4.78, 5) is 9.21. The van der Waals surface area contributed by atoms with Crippen molar-refractivity contribution in [3.8, 4) is 11.5 Å². The third kappa shape index (κ3) is 6.11. The Balaban J connectivity index is 2.03. The molecule has 33 heavy (non-hydrogen) atoms. The molecule has 3 aromatic rings. The van der Waals surface area contributed by atoms with Gasteiger partial charge in [-0.15, -0.1) is 0 Å². The van der Waals surface area contributed by atoms with Gasteiger partial charge in [0.2, 0.25) is 0 Å². The Labute approximate surface area is 204 Å². The van der Waals surface area contributed by atoms with E-state index in [1.165, 1.54) is 0 Å². The molecular formula is C28H31BrN2O2. The quantitative estimate of drug-likeness (QED) is 0.352. The van der Waals surface area contributed by atoms with Gasteiger partial charge >= 0.3 is 0 Å². The number of halogens is 1. The molecule has 172 valence electrons. The number of aliphatic imine (C=N–C) groups is 2. The summed E-state index contributed by atoms with van der Waals surface area (Å²) in [5.74, 6) is 0.404. The summed E-state index contributed by atoms with van der Waals surface area (Å²) in [5.41, 5.74) is 4.38. The van der Waals surface area contributed by atoms with Crippen LogP contribution in [0.3, 0.4) is 0 Å². The Bertz CT molecular complexity index is 1220. The summed E-state index contributed by atoms with van der Waals surface area (Å²) < 4.78 is 0.858. The number of benzene rings is 3. The zero-order valence-electron chi connectivity index (χ0n) is 20.0. The van der Waals surface area contributed by atoms with Gasteiger partial charge in [-0.25, -0.2) is 0 Å². The van der Waals surface area contributed by atoms with Gasteiger partial charge in [-0.3, -0.25) is 9.98 Å². The van der Waals surface area contributed by atoms with E-state index < -0.39 is 0 Å². The maximum atomic E-state index is 11.0. The molecule has 0 unspecified atom stereocenters. The normalized spacial score (nSPS) is 12.7. The number of para-hydroxylation sites is 2. The molecule has 0 aromatic heterocycles. The number of nitrogens with zero attached hydrogens (tertiary/aromatic N) is 2. The Kier molecular flexibility index (Phi) is 7.13. The van der Waals surface area contributed by atoms with E-state index in [1.807, 2.05) is 30.3 Å². The van der Waals surface area contributed by atoms with Crippen molar-refractivity contribution in [1.29, 1.82) is 0 Å². The van der Waals surface area contributed by atoms with Gasteiger partial charge in [0.1, 0.15) is 11.5 Å². The summed E-state index contributed by atoms with van der Waals surface area (Å²) in [6, 6.07) is 16.8. The molecule has 4 nitrogen and oxygen atoms in total. The molecule has 0 aliphatic heterocycles. The summed E-state index contributed by atoms with van der Waals surface area (Å²) in [6.07, 6.45) is 3.31. The minimum absolute atomic E-state index is 0.0650. The molecule has 0 saturated heterocycles. The van der Waals surface area contributed by atoms with E-state index in [0.717, 1.165) is 15.6 Å². The van der Waals surface area contributed by atoms with Gasteiger partial charge in [-0.05, 0) is 52.8 Å². The maximum absolute atomic E-state index is 11.0. The minimum Gasteiger partial charge on any atom is -0.507 e. The van der Waals surface area contributed by atoms with Crippen LogP contribution in [0.2, 0.25) is 0 Å². The van der Waals surface area contributed by atoms with E-state index in [1.54, 1.807) is 30.6 Å². The lowest BCUT2D eigenvalue weighted by atomic mass is 9.79. The fourth-order valence-electron chi connectivity index (χ4n) is 3.35. The van der Waals surface area contributed by atoms with Crippen molar-refractivity contribution in [1.82, 2.24) is 0 Å². The molecule has 0 aliphatic carbocycles. The highest BCUT2D eigenvalue weighted by atomic mass is 79.9. The first-order chi connectivity index (χ1) is 15.4. The van der Waals surface area contributed by atoms with Crippen LogP contribution in [0.5, 0.6) is 11.5 Å². The first-order valence-corrected chi connectivity index (χ1v) is 11.7. The fourth-order valence-corrected chi connectivity index (χ4v) is 3.73. The number of hydrogen-bond acceptors (Lipinski definition) is 4. The monoisotopic (exact) mass is 506 g/mol. The second kappa shape index (κ2) is 9.52. The summed E-state index contributed by atoms with van der Waals surface area (Å²) >= 11 is 3.41. The standard InChI is InChI=1S/C28H31BrN2O2/c1-27(2,3)20-13-19(26(33)22(15-20)28(4,5)6)17-31-24-10-8-7-9-23(24)30-16-18-14-21(29)11-12-25(18)32/h7-17,32-33H,1-6H3. The summed E-state index contributed by atoms with van der Waals surface area (Å²) in [5, 5.41) is 21.1. The number of hydrogen-bond donors (Lipinski definition) is 2. The van der Waals surface area contributed by atoms with E-state index in [2.05, 4.69) is 73.5 Å². The summed E-state index contributed by atoms with van der Waals surface area (Å²) in [6.45, 7) is 12.8. The van der Waals surface area contributed by atoms with Gasteiger partial charge in [0.15, 0.2) is 0 Å². The van der Waals surface area contributed by atoms with Gasteiger partial charge < -0.3 is 10.2 Å². The largest absolute Gasteiger partial charge is 0.507 e. The Morgan fingerprint density at radius 3 is 1.85 bits per heavy atom. The van der Waals surface area contributed by atoms with Crippen molar-refractivity contribution in [3.63, 3.8) is 0 Å². The van der Waals surface area contributed by atoms with Gasteiger partial charge in [0.25, 0.3) is 0 Å². The smallest absolute Gasteiger partial charge is 0.128 e. The molecule has 0 atom stereocenters. The van der Waals surface area contributed by atoms with E-state index in [-0.39, 0.29) is 22.3 Å². The van der Waals surface area contributed by atoms with Crippen LogP contribution in [0, 0.1) is 0 Å². The van der Waals surface area contributed by atoms with Crippen LogP contribution in [0.4, 0.5) is 11.4 Å². The fraction of sp³-hybridized carbons (Fsp3) is 0.286. The van der Waals surface area contributed by atoms with Crippen LogP contribution < -0.4 is 0 Å². The third-order valence-corrected chi connectivity index (χ3v) is 5.86. The van der Waals surface area contributed by atoms with Gasteiger partial charge in [0.05, 0.1) is 11.4 Å². The molecule has 3 aromatic carbocycles. The zero-order valence-corrected chi connectivity index (χ0v) is 21.6. The number of phenolic OH excluding ortho intramolecular Hbond substituents is 2. The molecule has 0 aliphatic rings. The van der Waals surface area contributed by atoms with Crippen molar-refractivity contribution < 1.29 is 10.2 Å². The highest BCUT2D eigenvalue weighted by Crippen LogP contribution is 2.37. The maximum Gasteiger partial charge on any atom is 0.128 e. The average Bonchev–Trinajstić information content (AvgIpc) is 2.72. The summed E-state index contributed by atoms with van der Waals surface area (Å²) in [7, 11) is 0. The van der Waals surface area contributed by atoms with Crippen molar-refractivity contribution in [3.05, 3.63) is 81.3 Å². The molecule has 3 rings (SSSR count). The molecular weight excluding hydrogens is 476 g/mol. The lowest BCUT2D eigenvalue weighted by molar-refractivity contribution is 0.444. The van der Waals surface area contributed by atoms with E-state index >= 15 is 0 Å². The van der Waals surface area contributed by atoms with E-state index in [9.17, 15) is 10.2 Å². The first-order valence-electron chi connectivity index (χ1n) is 10.9. The highest BCUT2D eigenvalue weighted by Gasteiger charge is 2.24. The van der Waals surface area contributed by atoms with Crippen LogP contribution >= 0.6 is 15.9 Å². The molecule has 0 amide bonds. The van der Waals surface area contributed by atoms with Crippen LogP contribution in [0.25, 0.3) is 0 Å². The molecule has 0 radical (unpaired) electrons. The van der Waals surface area contributed by atoms with Crippen molar-refractivity contribution in [2.45, 2.75) is 52.4 Å². The van der Waals surface area contributed by atoms with Crippen LogP contribution in [-0.2, 0) is 10.8 Å². The van der Waals surface area contributed by atoms with Gasteiger partial charge in [0, 0.05) is 33.6 Å². The Morgan fingerprint density at radius 1 is 0.727 bits per heavy atom. The van der Waals surface area contributed by atoms with Gasteiger partial charge in [-0.2, -0.15) is 0 Å². The minimum atomic E-state index is -0.206. The van der Waals surface area contributed by atoms with Crippen molar-refractivity contribution in [2.24, 2.45) is 9.98 Å². The number of aromatic hydroxyl groups is 2. The Morgan fingerprint density at radius 2 is 1.30 bits per heavy atom. The molecule has 0 spiro atoms. The predicted octanol–water partition coefficient (Wildman–Crippen LogP) is 7.96. The first kappa shape index (κ1) is 24.7. The molecule has 0 bridgehead atoms. The number of phenols is 2. The molecule has 0 saturated carbocycles. The van der Waals surface area contributed by atoms with E-state index in [4.69, 9.17) is 0 Å². The molecule has 2 N–H and O–H groups in total. The van der Waals surface area contributed by atoms with Crippen LogP contribution in [-0.4, -0.2) is 22.6 Å². The second-order valence-electron chi connectivity index (χ2n) is 10.2. The second-order valence-corrected chi connectivity index (χ2v) is 11.1.